The summed E-state index contributed by atoms with van der Waals surface area (Å²) in [7, 11) is 0. The smallest absolute Gasteiger partial charge is 0.0886 e. The second kappa shape index (κ2) is 15.2. The first-order valence-electron chi connectivity index (χ1n) is 16.7. The van der Waals surface area contributed by atoms with Crippen molar-refractivity contribution in [3.05, 3.63) is 192 Å². The lowest BCUT2D eigenvalue weighted by atomic mass is 9.94. The van der Waals surface area contributed by atoms with Crippen LogP contribution in [0.1, 0.15) is 33.4 Å². The first-order valence-corrected chi connectivity index (χ1v) is 16.7. The van der Waals surface area contributed by atoms with E-state index >= 15 is 0 Å². The van der Waals surface area contributed by atoms with Gasteiger partial charge in [0.2, 0.25) is 0 Å². The summed E-state index contributed by atoms with van der Waals surface area (Å²) in [5, 5.41) is 0. The van der Waals surface area contributed by atoms with Crippen molar-refractivity contribution in [1.29, 1.82) is 0 Å². The highest BCUT2D eigenvalue weighted by molar-refractivity contribution is 5.60. The molecule has 0 amide bonds. The van der Waals surface area contributed by atoms with E-state index in [2.05, 4.69) is 106 Å². The van der Waals surface area contributed by atoms with Gasteiger partial charge >= 0.3 is 0 Å². The number of aromatic nitrogens is 4. The minimum absolute atomic E-state index is 0.902. The molecule has 0 spiro atoms. The molecule has 0 aliphatic rings. The fourth-order valence-electron chi connectivity index (χ4n) is 6.13. The topological polar surface area (TPSA) is 51.6 Å². The van der Waals surface area contributed by atoms with E-state index in [0.717, 1.165) is 72.4 Å². The lowest BCUT2D eigenvalue weighted by Gasteiger charge is -2.12. The van der Waals surface area contributed by atoms with Crippen LogP contribution in [0.4, 0.5) is 0 Å². The second-order valence-corrected chi connectivity index (χ2v) is 12.2. The normalized spacial score (nSPS) is 11.0. The number of aryl methyl sites for hydroxylation is 6. The van der Waals surface area contributed by atoms with Crippen molar-refractivity contribution in [3.8, 4) is 33.9 Å². The van der Waals surface area contributed by atoms with E-state index in [0.29, 0.717) is 0 Å². The van der Waals surface area contributed by atoms with E-state index in [-0.39, 0.29) is 0 Å². The van der Waals surface area contributed by atoms with Crippen LogP contribution in [-0.4, -0.2) is 19.9 Å². The lowest BCUT2D eigenvalue weighted by molar-refractivity contribution is 0.901. The maximum atomic E-state index is 4.70. The van der Waals surface area contributed by atoms with Crippen LogP contribution in [0.5, 0.6) is 0 Å². The second-order valence-electron chi connectivity index (χ2n) is 12.2. The third kappa shape index (κ3) is 8.15. The molecule has 0 bridgehead atoms. The van der Waals surface area contributed by atoms with Crippen LogP contribution in [-0.2, 0) is 38.5 Å². The van der Waals surface area contributed by atoms with Gasteiger partial charge in [0, 0.05) is 35.9 Å². The van der Waals surface area contributed by atoms with Gasteiger partial charge in [-0.1, -0.05) is 91.0 Å². The Morgan fingerprint density at radius 2 is 0.667 bits per heavy atom. The Labute approximate surface area is 283 Å². The van der Waals surface area contributed by atoms with E-state index in [1.54, 1.807) is 0 Å². The van der Waals surface area contributed by atoms with Gasteiger partial charge in [-0.3, -0.25) is 19.9 Å². The van der Waals surface area contributed by atoms with Gasteiger partial charge in [0.1, 0.15) is 0 Å². The number of rotatable bonds is 12. The zero-order valence-electron chi connectivity index (χ0n) is 27.0. The minimum atomic E-state index is 0.902. The molecule has 4 aromatic heterocycles. The van der Waals surface area contributed by atoms with Crippen molar-refractivity contribution >= 4 is 0 Å². The highest BCUT2D eigenvalue weighted by atomic mass is 14.8. The van der Waals surface area contributed by atoms with Crippen LogP contribution >= 0.6 is 0 Å². The molecule has 0 saturated heterocycles. The monoisotopic (exact) mass is 622 g/mol. The average molecular weight is 623 g/mol. The predicted octanol–water partition coefficient (Wildman–Crippen LogP) is 9.62. The number of nitrogens with zero attached hydrogens (tertiary/aromatic N) is 4. The first kappa shape index (κ1) is 30.9. The largest absolute Gasteiger partial charge is 0.256 e. The molecule has 0 aliphatic heterocycles. The summed E-state index contributed by atoms with van der Waals surface area (Å²) >= 11 is 0. The maximum Gasteiger partial charge on any atom is 0.0886 e. The minimum Gasteiger partial charge on any atom is -0.256 e. The molecule has 0 fully saturated rings. The van der Waals surface area contributed by atoms with Crippen molar-refractivity contribution in [2.24, 2.45) is 0 Å². The maximum absolute atomic E-state index is 4.70. The average Bonchev–Trinajstić information content (AvgIpc) is 3.17. The molecule has 0 radical (unpaired) electrons. The van der Waals surface area contributed by atoms with Crippen LogP contribution < -0.4 is 0 Å². The highest BCUT2D eigenvalue weighted by Crippen LogP contribution is 2.22. The summed E-state index contributed by atoms with van der Waals surface area (Å²) in [6.07, 6.45) is 13.4. The van der Waals surface area contributed by atoms with Gasteiger partial charge in [0.25, 0.3) is 0 Å². The molecule has 7 rings (SSSR count). The van der Waals surface area contributed by atoms with Gasteiger partial charge in [0.15, 0.2) is 0 Å². The van der Waals surface area contributed by atoms with Crippen LogP contribution in [0.25, 0.3) is 33.9 Å². The molecule has 4 heterocycles. The van der Waals surface area contributed by atoms with Gasteiger partial charge in [-0.2, -0.15) is 0 Å². The molecule has 7 aromatic rings. The molecule has 0 unspecified atom stereocenters. The fourth-order valence-corrected chi connectivity index (χ4v) is 6.13. The van der Waals surface area contributed by atoms with Gasteiger partial charge < -0.3 is 0 Å². The molecule has 234 valence electrons. The Kier molecular flexibility index (Phi) is 9.80. The Bertz CT molecular complexity index is 1770. The molecule has 4 nitrogen and oxygen atoms in total. The van der Waals surface area contributed by atoms with Gasteiger partial charge in [-0.25, -0.2) is 0 Å². The third-order valence-corrected chi connectivity index (χ3v) is 8.80. The van der Waals surface area contributed by atoms with Crippen LogP contribution in [0.3, 0.4) is 0 Å². The molecule has 0 atom stereocenters. The van der Waals surface area contributed by atoms with E-state index in [4.69, 9.17) is 4.98 Å². The summed E-state index contributed by atoms with van der Waals surface area (Å²) < 4.78 is 0. The molecular weight excluding hydrogens is 585 g/mol. The summed E-state index contributed by atoms with van der Waals surface area (Å²) in [5.74, 6) is 0. The SMILES string of the molecule is c1ccc(-c2ccc(CCc3cc(CCc4ccc(-c5ccccn5)cc4)cc(CCc4ccc(-c5ccccn5)nc4)c3)cc2)nc1. The number of benzene rings is 3. The number of hydrogen-bond acceptors (Lipinski definition) is 4. The molecule has 0 saturated carbocycles. The summed E-state index contributed by atoms with van der Waals surface area (Å²) in [6.45, 7) is 0. The van der Waals surface area contributed by atoms with E-state index < -0.39 is 0 Å². The summed E-state index contributed by atoms with van der Waals surface area (Å²) in [4.78, 5) is 18.1. The molecule has 3 aromatic carbocycles. The van der Waals surface area contributed by atoms with Crippen molar-refractivity contribution in [2.75, 3.05) is 0 Å². The zero-order chi connectivity index (χ0) is 32.4. The molecule has 0 aliphatic carbocycles. The van der Waals surface area contributed by atoms with E-state index in [9.17, 15) is 0 Å². The Hall–Kier alpha value is -5.74. The number of hydrogen-bond donors (Lipinski definition) is 0. The van der Waals surface area contributed by atoms with Crippen molar-refractivity contribution in [3.63, 3.8) is 0 Å². The summed E-state index contributed by atoms with van der Waals surface area (Å²) in [6, 6.07) is 47.2. The van der Waals surface area contributed by atoms with Crippen LogP contribution in [0, 0.1) is 0 Å². The molecule has 0 N–H and O–H groups in total. The molecule has 4 heteroatoms. The van der Waals surface area contributed by atoms with Gasteiger partial charge in [0.05, 0.1) is 22.8 Å². The van der Waals surface area contributed by atoms with Crippen molar-refractivity contribution in [2.45, 2.75) is 38.5 Å². The fraction of sp³-hybridized carbons (Fsp3) is 0.136. The molecule has 48 heavy (non-hydrogen) atoms. The first-order chi connectivity index (χ1) is 23.7. The standard InChI is InChI=1S/C44H38N4/c1-4-26-45-41(7-1)39-21-16-33(17-22-39)10-13-36-29-37(14-11-34-18-23-40(24-19-34)42-8-2-5-27-46-42)31-38(30-36)15-12-35-20-25-44(48-32-35)43-9-3-6-28-47-43/h1-9,16-32H,10-15H2. The van der Waals surface area contributed by atoms with E-state index in [1.165, 1.54) is 33.4 Å². The van der Waals surface area contributed by atoms with Crippen molar-refractivity contribution < 1.29 is 0 Å². The lowest BCUT2D eigenvalue weighted by Crippen LogP contribution is -2.00. The molecular formula is C44H38N4. The Morgan fingerprint density at radius 1 is 0.292 bits per heavy atom. The third-order valence-electron chi connectivity index (χ3n) is 8.80. The van der Waals surface area contributed by atoms with Crippen LogP contribution in [0.15, 0.2) is 158 Å². The quantitative estimate of drug-likeness (QED) is 0.136. The Balaban J connectivity index is 1.05. The van der Waals surface area contributed by atoms with Crippen LogP contribution in [0.2, 0.25) is 0 Å². The Morgan fingerprint density at radius 3 is 1.06 bits per heavy atom. The van der Waals surface area contributed by atoms with E-state index in [1.807, 2.05) is 67.3 Å². The number of pyridine rings is 4. The van der Waals surface area contributed by atoms with Gasteiger partial charge in [-0.15, -0.1) is 0 Å². The van der Waals surface area contributed by atoms with Crippen molar-refractivity contribution in [1.82, 2.24) is 19.9 Å². The summed E-state index contributed by atoms with van der Waals surface area (Å²) in [5.41, 5.74) is 14.2. The van der Waals surface area contributed by atoms with Gasteiger partial charge in [-0.05, 0) is 114 Å². The predicted molar refractivity (Wildman–Crippen MR) is 195 cm³/mol. The zero-order valence-corrected chi connectivity index (χ0v) is 27.0. The highest BCUT2D eigenvalue weighted by Gasteiger charge is 2.07.